The molecule has 0 radical (unpaired) electrons. The van der Waals surface area contributed by atoms with Crippen molar-refractivity contribution in [1.82, 2.24) is 14.5 Å². The van der Waals surface area contributed by atoms with Crippen molar-refractivity contribution in [2.24, 2.45) is 0 Å². The molecule has 1 aliphatic rings. The van der Waals surface area contributed by atoms with Crippen molar-refractivity contribution in [3.05, 3.63) is 76.1 Å². The van der Waals surface area contributed by atoms with Crippen LogP contribution >= 0.6 is 0 Å². The first-order valence-electron chi connectivity index (χ1n) is 12.4. The molecular weight excluding hydrogens is 465 g/mol. The summed E-state index contributed by atoms with van der Waals surface area (Å²) < 4.78 is 41.3. The van der Waals surface area contributed by atoms with Crippen molar-refractivity contribution in [2.45, 2.75) is 59.7 Å². The van der Waals surface area contributed by atoms with E-state index < -0.39 is 12.6 Å². The average Bonchev–Trinajstić information content (AvgIpc) is 3.37. The zero-order chi connectivity index (χ0) is 26.0. The number of halogens is 3. The topological polar surface area (TPSA) is 41.4 Å². The number of imidazole rings is 1. The number of fused-ring (bicyclic) bond motifs is 1. The van der Waals surface area contributed by atoms with Gasteiger partial charge in [-0.05, 0) is 50.3 Å². The molecule has 36 heavy (non-hydrogen) atoms. The predicted molar refractivity (Wildman–Crippen MR) is 136 cm³/mol. The lowest BCUT2D eigenvalue weighted by Gasteiger charge is -2.24. The van der Waals surface area contributed by atoms with Gasteiger partial charge in [-0.15, -0.1) is 0 Å². The Morgan fingerprint density at radius 1 is 1.03 bits per heavy atom. The molecule has 0 spiro atoms. The highest BCUT2D eigenvalue weighted by atomic mass is 19.4. The Morgan fingerprint density at radius 2 is 1.69 bits per heavy atom. The monoisotopic (exact) mass is 498 g/mol. The number of hydrogen-bond acceptors (Lipinski definition) is 3. The number of aromatic nitrogens is 2. The molecule has 5 nitrogen and oxygen atoms in total. The average molecular weight is 499 g/mol. The Morgan fingerprint density at radius 3 is 2.31 bits per heavy atom. The summed E-state index contributed by atoms with van der Waals surface area (Å²) in [5, 5.41) is 0. The van der Waals surface area contributed by atoms with E-state index in [0.29, 0.717) is 43.3 Å². The second-order valence-corrected chi connectivity index (χ2v) is 9.50. The molecule has 0 saturated carbocycles. The molecule has 1 amide bonds. The van der Waals surface area contributed by atoms with Crippen LogP contribution in [0.15, 0.2) is 42.5 Å². The van der Waals surface area contributed by atoms with Gasteiger partial charge in [0.15, 0.2) is 0 Å². The van der Waals surface area contributed by atoms with Crippen LogP contribution in [0.5, 0.6) is 0 Å². The van der Waals surface area contributed by atoms with Crippen LogP contribution in [0.25, 0.3) is 0 Å². The van der Waals surface area contributed by atoms with Gasteiger partial charge in [-0.1, -0.05) is 55.0 Å². The van der Waals surface area contributed by atoms with Gasteiger partial charge in [-0.3, -0.25) is 4.79 Å². The molecule has 0 N–H and O–H groups in total. The van der Waals surface area contributed by atoms with Crippen molar-refractivity contribution in [1.29, 1.82) is 0 Å². The molecule has 0 fully saturated rings. The quantitative estimate of drug-likeness (QED) is 0.374. The number of alkyl halides is 3. The summed E-state index contributed by atoms with van der Waals surface area (Å²) in [4.78, 5) is 22.1. The lowest BCUT2D eigenvalue weighted by atomic mass is 10.0. The predicted octanol–water partition coefficient (Wildman–Crippen LogP) is 6.16. The highest BCUT2D eigenvalue weighted by Gasteiger charge is 2.35. The van der Waals surface area contributed by atoms with Gasteiger partial charge in [0.1, 0.15) is 5.69 Å². The van der Waals surface area contributed by atoms with E-state index in [1.54, 1.807) is 0 Å². The van der Waals surface area contributed by atoms with Crippen LogP contribution in [-0.4, -0.2) is 46.2 Å². The van der Waals surface area contributed by atoms with E-state index >= 15 is 0 Å². The first-order valence-corrected chi connectivity index (χ1v) is 12.4. The van der Waals surface area contributed by atoms with Crippen LogP contribution in [0.4, 0.5) is 24.8 Å². The number of aryl methyl sites for hydroxylation is 4. The molecule has 2 aromatic carbocycles. The van der Waals surface area contributed by atoms with E-state index in [2.05, 4.69) is 37.8 Å². The van der Waals surface area contributed by atoms with Crippen LogP contribution in [-0.2, 0) is 19.4 Å². The minimum absolute atomic E-state index is 0.211. The number of anilines is 2. The van der Waals surface area contributed by atoms with Crippen molar-refractivity contribution < 1.29 is 18.0 Å². The van der Waals surface area contributed by atoms with Gasteiger partial charge >= 0.3 is 6.18 Å². The fraction of sp³-hybridized carbons (Fsp3) is 0.429. The fourth-order valence-corrected chi connectivity index (χ4v) is 5.14. The van der Waals surface area contributed by atoms with Crippen molar-refractivity contribution in [2.75, 3.05) is 24.5 Å². The van der Waals surface area contributed by atoms with Gasteiger partial charge in [-0.25, -0.2) is 4.98 Å². The summed E-state index contributed by atoms with van der Waals surface area (Å²) in [6.07, 6.45) is -4.37. The maximum atomic E-state index is 13.8. The molecule has 192 valence electrons. The highest BCUT2D eigenvalue weighted by Crippen LogP contribution is 2.37. The number of nitrogens with zero attached hydrogens (tertiary/aromatic N) is 4. The van der Waals surface area contributed by atoms with Gasteiger partial charge < -0.3 is 14.4 Å². The molecule has 2 heterocycles. The fourth-order valence-electron chi connectivity index (χ4n) is 5.14. The summed E-state index contributed by atoms with van der Waals surface area (Å²) in [6, 6.07) is 13.8. The minimum Gasteiger partial charge on any atom is -0.337 e. The van der Waals surface area contributed by atoms with E-state index in [9.17, 15) is 18.0 Å². The Bertz CT molecular complexity index is 1210. The molecular formula is C28H33F3N4O. The Labute approximate surface area is 210 Å². The first-order chi connectivity index (χ1) is 17.1. The molecule has 1 aliphatic heterocycles. The second kappa shape index (κ2) is 10.4. The van der Waals surface area contributed by atoms with Crippen LogP contribution < -0.4 is 4.90 Å². The molecule has 1 aromatic heterocycles. The van der Waals surface area contributed by atoms with Crippen LogP contribution in [0.3, 0.4) is 0 Å². The van der Waals surface area contributed by atoms with Crippen molar-refractivity contribution in [3.8, 4) is 0 Å². The molecule has 0 atom stereocenters. The van der Waals surface area contributed by atoms with Gasteiger partial charge in [0.25, 0.3) is 5.91 Å². The normalized spacial score (nSPS) is 13.2. The third kappa shape index (κ3) is 5.42. The van der Waals surface area contributed by atoms with Crippen molar-refractivity contribution >= 4 is 17.5 Å². The Kier molecular flexibility index (Phi) is 7.43. The third-order valence-electron chi connectivity index (χ3n) is 6.72. The minimum atomic E-state index is -4.34. The molecule has 3 aromatic rings. The first kappa shape index (κ1) is 25.8. The molecule has 0 aliphatic carbocycles. The lowest BCUT2D eigenvalue weighted by Crippen LogP contribution is -2.37. The summed E-state index contributed by atoms with van der Waals surface area (Å²) in [6.45, 7) is 9.16. The van der Waals surface area contributed by atoms with Crippen LogP contribution in [0.1, 0.15) is 51.8 Å². The molecule has 4 rings (SSSR count). The highest BCUT2D eigenvalue weighted by molar-refractivity contribution is 5.95. The Balaban J connectivity index is 1.67. The van der Waals surface area contributed by atoms with E-state index in [0.717, 1.165) is 22.4 Å². The molecule has 0 saturated heterocycles. The maximum absolute atomic E-state index is 13.8. The summed E-state index contributed by atoms with van der Waals surface area (Å²) in [5.74, 6) is 0.300. The molecule has 0 unspecified atom stereocenters. The van der Waals surface area contributed by atoms with Crippen LogP contribution in [0.2, 0.25) is 0 Å². The number of amides is 1. The van der Waals surface area contributed by atoms with Gasteiger partial charge in [0, 0.05) is 31.9 Å². The number of hydrogen-bond donors (Lipinski definition) is 0. The zero-order valence-corrected chi connectivity index (χ0v) is 21.3. The summed E-state index contributed by atoms with van der Waals surface area (Å²) >= 11 is 0. The summed E-state index contributed by atoms with van der Waals surface area (Å²) in [7, 11) is 0. The van der Waals surface area contributed by atoms with E-state index in [1.165, 1.54) is 10.5 Å². The summed E-state index contributed by atoms with van der Waals surface area (Å²) in [5.41, 5.74) is 6.53. The lowest BCUT2D eigenvalue weighted by molar-refractivity contribution is -0.136. The largest absolute Gasteiger partial charge is 0.390 e. The smallest absolute Gasteiger partial charge is 0.337 e. The maximum Gasteiger partial charge on any atom is 0.390 e. The van der Waals surface area contributed by atoms with Gasteiger partial charge in [-0.2, -0.15) is 13.2 Å². The second-order valence-electron chi connectivity index (χ2n) is 9.50. The van der Waals surface area contributed by atoms with Crippen LogP contribution in [0, 0.1) is 20.8 Å². The number of rotatable bonds is 8. The van der Waals surface area contributed by atoms with Gasteiger partial charge in [0.05, 0.1) is 12.1 Å². The molecule has 0 bridgehead atoms. The standard InChI is InChI=1S/C28H33F3N4O/c1-5-23-25(26(36)33(14-12-28(29,30)31)13-11-22-9-7-6-8-10-22)35-16-15-34(27(35)32-23)24-20(3)17-19(2)18-21(24)4/h6-10,17-18H,5,11-16H2,1-4H3. The number of carbonyl (C=O) groups is 1. The Hall–Kier alpha value is -3.29. The van der Waals surface area contributed by atoms with E-state index in [-0.39, 0.29) is 19.0 Å². The van der Waals surface area contributed by atoms with Gasteiger partial charge in [0.2, 0.25) is 5.95 Å². The third-order valence-corrected chi connectivity index (χ3v) is 6.72. The SMILES string of the molecule is CCc1nc2n(c1C(=O)N(CCc1ccccc1)CCC(F)(F)F)CCN2c1c(C)cc(C)cc1C. The number of benzene rings is 2. The molecule has 8 heteroatoms. The zero-order valence-electron chi connectivity index (χ0n) is 21.3. The van der Waals surface area contributed by atoms with E-state index in [1.807, 2.05) is 41.8 Å². The van der Waals surface area contributed by atoms with E-state index in [4.69, 9.17) is 4.98 Å². The van der Waals surface area contributed by atoms with Crippen molar-refractivity contribution in [3.63, 3.8) is 0 Å². The number of carbonyl (C=O) groups excluding carboxylic acids is 1.